The second-order valence-corrected chi connectivity index (χ2v) is 8.31. The molecular formula is C24H33N3O2. The largest absolute Gasteiger partial charge is 0.497 e. The fourth-order valence-electron chi connectivity index (χ4n) is 4.52. The van der Waals surface area contributed by atoms with Crippen LogP contribution in [0.5, 0.6) is 11.6 Å². The van der Waals surface area contributed by atoms with E-state index in [9.17, 15) is 0 Å². The van der Waals surface area contributed by atoms with E-state index in [0.717, 1.165) is 50.0 Å². The SMILES string of the molecule is COc1ccc(C2CN(C)Cc3nc(OCCCN4CCCCC4)ccc32)cc1. The molecule has 1 aromatic carbocycles. The van der Waals surface area contributed by atoms with Gasteiger partial charge in [0.15, 0.2) is 0 Å². The number of likely N-dealkylation sites (N-methyl/N-ethyl adjacent to an activating group) is 1. The second kappa shape index (κ2) is 9.59. The lowest BCUT2D eigenvalue weighted by atomic mass is 9.87. The molecule has 29 heavy (non-hydrogen) atoms. The van der Waals surface area contributed by atoms with Gasteiger partial charge in [-0.3, -0.25) is 4.90 Å². The van der Waals surface area contributed by atoms with Gasteiger partial charge in [0.25, 0.3) is 0 Å². The zero-order chi connectivity index (χ0) is 20.1. The van der Waals surface area contributed by atoms with Crippen LogP contribution in [0.3, 0.4) is 0 Å². The summed E-state index contributed by atoms with van der Waals surface area (Å²) in [5.74, 6) is 1.98. The lowest BCUT2D eigenvalue weighted by Crippen LogP contribution is -2.32. The molecule has 0 N–H and O–H groups in total. The number of aromatic nitrogens is 1. The number of likely N-dealkylation sites (tertiary alicyclic amines) is 1. The molecular weight excluding hydrogens is 362 g/mol. The maximum Gasteiger partial charge on any atom is 0.213 e. The van der Waals surface area contributed by atoms with Gasteiger partial charge in [0.05, 0.1) is 19.4 Å². The van der Waals surface area contributed by atoms with E-state index >= 15 is 0 Å². The third kappa shape index (κ3) is 5.09. The van der Waals surface area contributed by atoms with E-state index in [1.54, 1.807) is 7.11 Å². The summed E-state index contributed by atoms with van der Waals surface area (Å²) >= 11 is 0. The Morgan fingerprint density at radius 1 is 1.03 bits per heavy atom. The van der Waals surface area contributed by atoms with Crippen LogP contribution in [-0.2, 0) is 6.54 Å². The molecule has 0 amide bonds. The number of ether oxygens (including phenoxy) is 2. The topological polar surface area (TPSA) is 37.8 Å². The van der Waals surface area contributed by atoms with Crippen molar-refractivity contribution >= 4 is 0 Å². The summed E-state index contributed by atoms with van der Waals surface area (Å²) < 4.78 is 11.3. The first-order valence-corrected chi connectivity index (χ1v) is 10.9. The summed E-state index contributed by atoms with van der Waals surface area (Å²) in [6.45, 7) is 6.23. The molecule has 0 bridgehead atoms. The average molecular weight is 396 g/mol. The predicted molar refractivity (Wildman–Crippen MR) is 116 cm³/mol. The van der Waals surface area contributed by atoms with Crippen molar-refractivity contribution in [2.75, 3.05) is 46.9 Å². The highest BCUT2D eigenvalue weighted by Gasteiger charge is 2.26. The Labute approximate surface area is 174 Å². The maximum atomic E-state index is 6.00. The number of pyridine rings is 1. The summed E-state index contributed by atoms with van der Waals surface area (Å²) in [5.41, 5.74) is 3.75. The number of fused-ring (bicyclic) bond motifs is 1. The highest BCUT2D eigenvalue weighted by atomic mass is 16.5. The maximum absolute atomic E-state index is 6.00. The van der Waals surface area contributed by atoms with Crippen molar-refractivity contribution in [2.24, 2.45) is 0 Å². The van der Waals surface area contributed by atoms with E-state index < -0.39 is 0 Å². The molecule has 2 aromatic rings. The van der Waals surface area contributed by atoms with E-state index in [1.807, 2.05) is 18.2 Å². The van der Waals surface area contributed by atoms with Gasteiger partial charge in [-0.15, -0.1) is 0 Å². The molecule has 1 unspecified atom stereocenters. The fraction of sp³-hybridized carbons (Fsp3) is 0.542. The van der Waals surface area contributed by atoms with Crippen molar-refractivity contribution in [1.29, 1.82) is 0 Å². The highest BCUT2D eigenvalue weighted by Crippen LogP contribution is 2.34. The van der Waals surface area contributed by atoms with Gasteiger partial charge in [-0.1, -0.05) is 24.6 Å². The number of hydrogen-bond donors (Lipinski definition) is 0. The monoisotopic (exact) mass is 395 g/mol. The quantitative estimate of drug-likeness (QED) is 0.664. The minimum Gasteiger partial charge on any atom is -0.497 e. The molecule has 0 spiro atoms. The van der Waals surface area contributed by atoms with Crippen molar-refractivity contribution in [3.8, 4) is 11.6 Å². The number of methoxy groups -OCH3 is 1. The standard InChI is InChI=1S/C24H33N3O2/c1-26-17-22(19-7-9-20(28-2)10-8-19)21-11-12-24(25-23(21)18-26)29-16-6-15-27-13-4-3-5-14-27/h7-12,22H,3-6,13-18H2,1-2H3. The van der Waals surface area contributed by atoms with Gasteiger partial charge in [0.2, 0.25) is 5.88 Å². The van der Waals surface area contributed by atoms with Crippen LogP contribution in [0.15, 0.2) is 36.4 Å². The Kier molecular flexibility index (Phi) is 6.67. The van der Waals surface area contributed by atoms with Crippen LogP contribution in [0, 0.1) is 0 Å². The van der Waals surface area contributed by atoms with Gasteiger partial charge in [0.1, 0.15) is 5.75 Å². The number of hydrogen-bond acceptors (Lipinski definition) is 5. The lowest BCUT2D eigenvalue weighted by Gasteiger charge is -2.32. The van der Waals surface area contributed by atoms with Crippen molar-refractivity contribution in [3.63, 3.8) is 0 Å². The fourth-order valence-corrected chi connectivity index (χ4v) is 4.52. The van der Waals surface area contributed by atoms with Crippen molar-refractivity contribution < 1.29 is 9.47 Å². The van der Waals surface area contributed by atoms with Crippen molar-refractivity contribution in [3.05, 3.63) is 53.2 Å². The van der Waals surface area contributed by atoms with Crippen LogP contribution >= 0.6 is 0 Å². The van der Waals surface area contributed by atoms with E-state index in [4.69, 9.17) is 14.5 Å². The molecule has 1 atom stereocenters. The van der Waals surface area contributed by atoms with Crippen LogP contribution in [0.25, 0.3) is 0 Å². The van der Waals surface area contributed by atoms with Gasteiger partial charge >= 0.3 is 0 Å². The molecule has 156 valence electrons. The average Bonchev–Trinajstić information content (AvgIpc) is 2.77. The minimum absolute atomic E-state index is 0.329. The number of rotatable bonds is 7. The van der Waals surface area contributed by atoms with Crippen LogP contribution < -0.4 is 9.47 Å². The van der Waals surface area contributed by atoms with Gasteiger partial charge in [-0.05, 0) is 62.7 Å². The smallest absolute Gasteiger partial charge is 0.213 e. The Hall–Kier alpha value is -2.11. The molecule has 5 heteroatoms. The molecule has 2 aliphatic rings. The van der Waals surface area contributed by atoms with Gasteiger partial charge in [-0.25, -0.2) is 4.98 Å². The van der Waals surface area contributed by atoms with Crippen LogP contribution in [0.4, 0.5) is 0 Å². The number of piperidine rings is 1. The predicted octanol–water partition coefficient (Wildman–Crippen LogP) is 3.92. The Balaban J connectivity index is 1.39. The first-order valence-electron chi connectivity index (χ1n) is 10.9. The molecule has 5 nitrogen and oxygen atoms in total. The van der Waals surface area contributed by atoms with E-state index in [1.165, 1.54) is 43.5 Å². The highest BCUT2D eigenvalue weighted by molar-refractivity contribution is 5.40. The summed E-state index contributed by atoms with van der Waals surface area (Å²) in [4.78, 5) is 9.75. The van der Waals surface area contributed by atoms with Gasteiger partial charge in [0, 0.05) is 31.6 Å². The van der Waals surface area contributed by atoms with Crippen LogP contribution in [-0.4, -0.2) is 61.7 Å². The third-order valence-electron chi connectivity index (χ3n) is 6.11. The second-order valence-electron chi connectivity index (χ2n) is 8.31. The van der Waals surface area contributed by atoms with Gasteiger partial charge in [-0.2, -0.15) is 0 Å². The Bertz CT molecular complexity index is 787. The van der Waals surface area contributed by atoms with E-state index in [-0.39, 0.29) is 0 Å². The Morgan fingerprint density at radius 3 is 2.59 bits per heavy atom. The minimum atomic E-state index is 0.329. The molecule has 0 saturated carbocycles. The molecule has 1 aromatic heterocycles. The first kappa shape index (κ1) is 20.2. The first-order chi connectivity index (χ1) is 14.2. The van der Waals surface area contributed by atoms with Crippen LogP contribution in [0.1, 0.15) is 48.4 Å². The van der Waals surface area contributed by atoms with Crippen molar-refractivity contribution in [2.45, 2.75) is 38.1 Å². The zero-order valence-corrected chi connectivity index (χ0v) is 17.8. The molecule has 0 aliphatic carbocycles. The third-order valence-corrected chi connectivity index (χ3v) is 6.11. The molecule has 0 radical (unpaired) electrons. The molecule has 1 fully saturated rings. The van der Waals surface area contributed by atoms with E-state index in [0.29, 0.717) is 5.92 Å². The number of benzene rings is 1. The lowest BCUT2D eigenvalue weighted by molar-refractivity contribution is 0.202. The number of nitrogens with zero attached hydrogens (tertiary/aromatic N) is 3. The normalized spacial score (nSPS) is 20.3. The molecule has 1 saturated heterocycles. The summed E-state index contributed by atoms with van der Waals surface area (Å²) in [7, 11) is 3.87. The summed E-state index contributed by atoms with van der Waals surface area (Å²) in [5, 5.41) is 0. The van der Waals surface area contributed by atoms with Crippen LogP contribution in [0.2, 0.25) is 0 Å². The zero-order valence-electron chi connectivity index (χ0n) is 17.8. The van der Waals surface area contributed by atoms with Crippen molar-refractivity contribution in [1.82, 2.24) is 14.8 Å². The summed E-state index contributed by atoms with van der Waals surface area (Å²) in [6, 6.07) is 12.7. The summed E-state index contributed by atoms with van der Waals surface area (Å²) in [6.07, 6.45) is 5.14. The molecule has 2 aliphatic heterocycles. The van der Waals surface area contributed by atoms with Gasteiger partial charge < -0.3 is 14.4 Å². The molecule has 4 rings (SSSR count). The van der Waals surface area contributed by atoms with E-state index in [2.05, 4.69) is 35.0 Å². The Morgan fingerprint density at radius 2 is 1.83 bits per heavy atom. The molecule has 3 heterocycles.